The van der Waals surface area contributed by atoms with Crippen LogP contribution in [0, 0.1) is 6.92 Å². The Morgan fingerprint density at radius 3 is 2.42 bits per heavy atom. The molecular formula is C18H17BrN4O. The van der Waals surface area contributed by atoms with Crippen LogP contribution in [0.15, 0.2) is 59.2 Å². The Morgan fingerprint density at radius 2 is 1.71 bits per heavy atom. The largest absolute Gasteiger partial charge is 0.497 e. The third kappa shape index (κ3) is 4.02. The van der Waals surface area contributed by atoms with Crippen LogP contribution in [-0.2, 0) is 0 Å². The molecule has 0 saturated heterocycles. The predicted octanol–water partition coefficient (Wildman–Crippen LogP) is 5.04. The van der Waals surface area contributed by atoms with Gasteiger partial charge in [-0.3, -0.25) is 0 Å². The molecule has 1 aromatic heterocycles. The highest BCUT2D eigenvalue weighted by Crippen LogP contribution is 2.23. The van der Waals surface area contributed by atoms with Gasteiger partial charge in [-0.05, 0) is 55.0 Å². The Bertz CT molecular complexity index is 837. The molecule has 0 aliphatic heterocycles. The quantitative estimate of drug-likeness (QED) is 0.644. The van der Waals surface area contributed by atoms with Crippen LogP contribution in [0.25, 0.3) is 0 Å². The molecule has 2 aromatic carbocycles. The van der Waals surface area contributed by atoms with Crippen LogP contribution >= 0.6 is 15.9 Å². The molecule has 0 saturated carbocycles. The molecule has 6 heteroatoms. The highest BCUT2D eigenvalue weighted by molar-refractivity contribution is 9.10. The number of rotatable bonds is 5. The lowest BCUT2D eigenvalue weighted by molar-refractivity contribution is 0.415. The van der Waals surface area contributed by atoms with Gasteiger partial charge in [0.1, 0.15) is 11.6 Å². The molecule has 1 heterocycles. The van der Waals surface area contributed by atoms with E-state index in [-0.39, 0.29) is 0 Å². The van der Waals surface area contributed by atoms with E-state index in [4.69, 9.17) is 4.74 Å². The van der Waals surface area contributed by atoms with Gasteiger partial charge in [0.25, 0.3) is 0 Å². The predicted molar refractivity (Wildman–Crippen MR) is 100 cm³/mol. The summed E-state index contributed by atoms with van der Waals surface area (Å²) in [6.45, 7) is 2.05. The van der Waals surface area contributed by atoms with E-state index in [0.717, 1.165) is 21.6 Å². The molecule has 3 rings (SSSR count). The normalized spacial score (nSPS) is 10.3. The van der Waals surface area contributed by atoms with E-state index in [1.54, 1.807) is 13.3 Å². The second kappa shape index (κ2) is 7.31. The second-order valence-corrected chi connectivity index (χ2v) is 6.06. The van der Waals surface area contributed by atoms with E-state index in [0.29, 0.717) is 11.8 Å². The Labute approximate surface area is 149 Å². The smallest absolute Gasteiger partial charge is 0.229 e. The maximum Gasteiger partial charge on any atom is 0.229 e. The van der Waals surface area contributed by atoms with Gasteiger partial charge in [-0.2, -0.15) is 4.98 Å². The first-order chi connectivity index (χ1) is 11.6. The topological polar surface area (TPSA) is 59.1 Å². The fourth-order valence-electron chi connectivity index (χ4n) is 2.11. The van der Waals surface area contributed by atoms with E-state index in [1.165, 1.54) is 5.56 Å². The number of anilines is 4. The van der Waals surface area contributed by atoms with E-state index in [1.807, 2.05) is 55.5 Å². The number of nitrogens with zero attached hydrogens (tertiary/aromatic N) is 2. The lowest BCUT2D eigenvalue weighted by Gasteiger charge is -2.09. The molecule has 0 atom stereocenters. The van der Waals surface area contributed by atoms with E-state index < -0.39 is 0 Å². The fourth-order valence-corrected chi connectivity index (χ4v) is 2.49. The molecule has 0 unspecified atom stereocenters. The van der Waals surface area contributed by atoms with Gasteiger partial charge in [-0.15, -0.1) is 0 Å². The number of aryl methyl sites for hydroxylation is 1. The third-order valence-corrected chi connectivity index (χ3v) is 4.30. The molecule has 0 radical (unpaired) electrons. The van der Waals surface area contributed by atoms with Crippen molar-refractivity contribution >= 4 is 39.1 Å². The number of hydrogen-bond acceptors (Lipinski definition) is 5. The number of hydrogen-bond donors (Lipinski definition) is 2. The third-order valence-electron chi connectivity index (χ3n) is 3.45. The van der Waals surface area contributed by atoms with Crippen LogP contribution < -0.4 is 15.4 Å². The molecule has 2 N–H and O–H groups in total. The van der Waals surface area contributed by atoms with Gasteiger partial charge in [0.15, 0.2) is 0 Å². The van der Waals surface area contributed by atoms with Crippen LogP contribution in [0.1, 0.15) is 5.56 Å². The average molecular weight is 385 g/mol. The summed E-state index contributed by atoms with van der Waals surface area (Å²) in [5.41, 5.74) is 3.03. The molecule has 24 heavy (non-hydrogen) atoms. The van der Waals surface area contributed by atoms with E-state index in [2.05, 4.69) is 36.5 Å². The molecule has 3 aromatic rings. The second-order valence-electron chi connectivity index (χ2n) is 5.21. The number of halogens is 1. The van der Waals surface area contributed by atoms with Crippen molar-refractivity contribution in [1.82, 2.24) is 9.97 Å². The van der Waals surface area contributed by atoms with Crippen molar-refractivity contribution in [1.29, 1.82) is 0 Å². The minimum atomic E-state index is 0.532. The first kappa shape index (κ1) is 16.3. The number of methoxy groups -OCH3 is 1. The average Bonchev–Trinajstić information content (AvgIpc) is 2.59. The summed E-state index contributed by atoms with van der Waals surface area (Å²) in [6.07, 6.45) is 1.71. The van der Waals surface area contributed by atoms with Crippen molar-refractivity contribution in [2.45, 2.75) is 6.92 Å². The highest BCUT2D eigenvalue weighted by Gasteiger charge is 2.03. The summed E-state index contributed by atoms with van der Waals surface area (Å²) >= 11 is 3.53. The molecule has 0 amide bonds. The molecule has 5 nitrogen and oxygen atoms in total. The first-order valence-electron chi connectivity index (χ1n) is 7.41. The van der Waals surface area contributed by atoms with E-state index in [9.17, 15) is 0 Å². The highest BCUT2D eigenvalue weighted by atomic mass is 79.9. The van der Waals surface area contributed by atoms with Crippen molar-refractivity contribution in [3.8, 4) is 5.75 Å². The van der Waals surface area contributed by atoms with Crippen molar-refractivity contribution in [3.63, 3.8) is 0 Å². The molecule has 0 aliphatic carbocycles. The molecular weight excluding hydrogens is 368 g/mol. The van der Waals surface area contributed by atoms with Crippen LogP contribution in [-0.4, -0.2) is 17.1 Å². The van der Waals surface area contributed by atoms with Gasteiger partial charge in [0.2, 0.25) is 5.95 Å². The number of nitrogens with one attached hydrogen (secondary N) is 2. The van der Waals surface area contributed by atoms with Gasteiger partial charge in [0.05, 0.1) is 7.11 Å². The Kier molecular flexibility index (Phi) is 4.96. The van der Waals surface area contributed by atoms with Crippen molar-refractivity contribution in [3.05, 3.63) is 64.8 Å². The maximum atomic E-state index is 5.16. The Hall–Kier alpha value is -2.60. The summed E-state index contributed by atoms with van der Waals surface area (Å²) in [4.78, 5) is 8.74. The van der Waals surface area contributed by atoms with E-state index >= 15 is 0 Å². The minimum Gasteiger partial charge on any atom is -0.497 e. The standard InChI is InChI=1S/C18H17BrN4O/c1-12-3-4-14(11-16(12)19)22-18-20-10-9-17(23-18)21-13-5-7-15(24-2)8-6-13/h3-11H,1-2H3,(H2,20,21,22,23). The van der Waals surface area contributed by atoms with Crippen LogP contribution in [0.3, 0.4) is 0 Å². The van der Waals surface area contributed by atoms with Gasteiger partial charge in [-0.25, -0.2) is 4.98 Å². The molecule has 0 bridgehead atoms. The van der Waals surface area contributed by atoms with Gasteiger partial charge in [0, 0.05) is 22.0 Å². The summed E-state index contributed by atoms with van der Waals surface area (Å²) < 4.78 is 6.20. The SMILES string of the molecule is COc1ccc(Nc2ccnc(Nc3ccc(C)c(Br)c3)n2)cc1. The fraction of sp³-hybridized carbons (Fsp3) is 0.111. The van der Waals surface area contributed by atoms with Crippen molar-refractivity contribution in [2.75, 3.05) is 17.7 Å². The Balaban J connectivity index is 1.74. The van der Waals surface area contributed by atoms with Gasteiger partial charge < -0.3 is 15.4 Å². The summed E-state index contributed by atoms with van der Waals surface area (Å²) in [7, 11) is 1.65. The zero-order valence-corrected chi connectivity index (χ0v) is 15.0. The van der Waals surface area contributed by atoms with Crippen LogP contribution in [0.2, 0.25) is 0 Å². The van der Waals surface area contributed by atoms with Gasteiger partial charge in [-0.1, -0.05) is 22.0 Å². The number of ether oxygens (including phenoxy) is 1. The molecule has 0 aliphatic rings. The molecule has 0 spiro atoms. The monoisotopic (exact) mass is 384 g/mol. The molecule has 122 valence electrons. The van der Waals surface area contributed by atoms with Gasteiger partial charge >= 0.3 is 0 Å². The van der Waals surface area contributed by atoms with Crippen LogP contribution in [0.5, 0.6) is 5.75 Å². The summed E-state index contributed by atoms with van der Waals surface area (Å²) in [5.74, 6) is 2.06. The molecule has 0 fully saturated rings. The summed E-state index contributed by atoms with van der Waals surface area (Å²) in [6, 6.07) is 15.5. The maximum absolute atomic E-state index is 5.16. The lowest BCUT2D eigenvalue weighted by Crippen LogP contribution is -2.00. The zero-order valence-electron chi connectivity index (χ0n) is 13.4. The summed E-state index contributed by atoms with van der Waals surface area (Å²) in [5, 5.41) is 6.45. The number of benzene rings is 2. The first-order valence-corrected chi connectivity index (χ1v) is 8.20. The van der Waals surface area contributed by atoms with Crippen molar-refractivity contribution in [2.24, 2.45) is 0 Å². The minimum absolute atomic E-state index is 0.532. The van der Waals surface area contributed by atoms with Crippen LogP contribution in [0.4, 0.5) is 23.1 Å². The Morgan fingerprint density at radius 1 is 0.958 bits per heavy atom. The van der Waals surface area contributed by atoms with Crippen molar-refractivity contribution < 1.29 is 4.74 Å². The number of aromatic nitrogens is 2. The zero-order chi connectivity index (χ0) is 16.9. The lowest BCUT2D eigenvalue weighted by atomic mass is 10.2.